The Hall–Kier alpha value is -2.39. The molecule has 6 heteroatoms. The molecular formula is C20H26N2O4. The number of amides is 1. The van der Waals surface area contributed by atoms with Gasteiger partial charge in [-0.1, -0.05) is 20.3 Å². The van der Waals surface area contributed by atoms with Crippen LogP contribution >= 0.6 is 0 Å². The maximum Gasteiger partial charge on any atom is 0.308 e. The van der Waals surface area contributed by atoms with Crippen LogP contribution in [0.15, 0.2) is 18.2 Å². The number of esters is 1. The normalized spacial score (nSPS) is 22.3. The minimum Gasteiger partial charge on any atom is -0.427 e. The van der Waals surface area contributed by atoms with Gasteiger partial charge in [0.2, 0.25) is 0 Å². The van der Waals surface area contributed by atoms with Gasteiger partial charge in [-0.2, -0.15) is 5.26 Å². The highest BCUT2D eigenvalue weighted by Crippen LogP contribution is 2.36. The van der Waals surface area contributed by atoms with E-state index in [9.17, 15) is 14.9 Å². The van der Waals surface area contributed by atoms with Gasteiger partial charge in [0.1, 0.15) is 17.4 Å². The van der Waals surface area contributed by atoms with E-state index in [1.165, 1.54) is 13.0 Å². The lowest BCUT2D eigenvalue weighted by atomic mass is 9.78. The second kappa shape index (κ2) is 8.81. The molecule has 0 aromatic heterocycles. The van der Waals surface area contributed by atoms with Crippen molar-refractivity contribution >= 4 is 17.6 Å². The molecule has 1 aliphatic rings. The largest absolute Gasteiger partial charge is 0.427 e. The monoisotopic (exact) mass is 358 g/mol. The number of ether oxygens (including phenoxy) is 2. The molecule has 2 rings (SSSR count). The summed E-state index contributed by atoms with van der Waals surface area (Å²) in [4.78, 5) is 24.1. The van der Waals surface area contributed by atoms with Crippen molar-refractivity contribution in [1.29, 1.82) is 5.26 Å². The predicted octanol–water partition coefficient (Wildman–Crippen LogP) is 3.80. The van der Waals surface area contributed by atoms with Crippen LogP contribution in [-0.2, 0) is 14.3 Å². The van der Waals surface area contributed by atoms with E-state index >= 15 is 0 Å². The molecule has 1 N–H and O–H groups in total. The molecule has 140 valence electrons. The van der Waals surface area contributed by atoms with Crippen LogP contribution in [0.4, 0.5) is 5.69 Å². The van der Waals surface area contributed by atoms with Crippen LogP contribution in [0, 0.1) is 17.2 Å². The maximum absolute atomic E-state index is 13.0. The van der Waals surface area contributed by atoms with E-state index in [4.69, 9.17) is 9.47 Å². The molecule has 2 atom stereocenters. The number of anilines is 1. The molecule has 0 saturated heterocycles. The van der Waals surface area contributed by atoms with Gasteiger partial charge in [0.05, 0.1) is 11.3 Å². The van der Waals surface area contributed by atoms with Gasteiger partial charge in [-0.25, -0.2) is 0 Å². The fourth-order valence-corrected chi connectivity index (χ4v) is 3.39. The number of nitrogens with zero attached hydrogens (tertiary/aromatic N) is 1. The summed E-state index contributed by atoms with van der Waals surface area (Å²) in [6.07, 6.45) is 4.21. The quantitative estimate of drug-likeness (QED) is 0.617. The van der Waals surface area contributed by atoms with E-state index in [-0.39, 0.29) is 17.2 Å². The van der Waals surface area contributed by atoms with Gasteiger partial charge < -0.3 is 14.8 Å². The molecule has 1 fully saturated rings. The first-order valence-electron chi connectivity index (χ1n) is 9.08. The smallest absolute Gasteiger partial charge is 0.308 e. The molecule has 1 amide bonds. The van der Waals surface area contributed by atoms with E-state index in [2.05, 4.69) is 12.2 Å². The van der Waals surface area contributed by atoms with Crippen molar-refractivity contribution in [3.8, 4) is 11.8 Å². The molecule has 1 aliphatic carbocycles. The fraction of sp³-hybridized carbons (Fsp3) is 0.550. The number of nitrogens with one attached hydrogen (secondary N) is 1. The topological polar surface area (TPSA) is 88.4 Å². The Morgan fingerprint density at radius 2 is 2.19 bits per heavy atom. The zero-order valence-corrected chi connectivity index (χ0v) is 15.6. The lowest BCUT2D eigenvalue weighted by Crippen LogP contribution is -2.48. The number of carbonyl (C=O) groups is 2. The number of carbonyl (C=O) groups excluding carboxylic acids is 2. The van der Waals surface area contributed by atoms with Crippen LogP contribution < -0.4 is 10.1 Å². The van der Waals surface area contributed by atoms with E-state index in [0.717, 1.165) is 19.3 Å². The number of hydrogen-bond acceptors (Lipinski definition) is 5. The summed E-state index contributed by atoms with van der Waals surface area (Å²) in [5.41, 5.74) is -0.215. The van der Waals surface area contributed by atoms with Crippen molar-refractivity contribution in [2.75, 3.05) is 11.9 Å². The van der Waals surface area contributed by atoms with Gasteiger partial charge >= 0.3 is 5.97 Å². The van der Waals surface area contributed by atoms with Crippen LogP contribution in [0.5, 0.6) is 5.75 Å². The highest BCUT2D eigenvalue weighted by atomic mass is 16.5. The van der Waals surface area contributed by atoms with Gasteiger partial charge in [0, 0.05) is 19.6 Å². The molecule has 1 aromatic rings. The van der Waals surface area contributed by atoms with Crippen molar-refractivity contribution in [2.45, 2.75) is 58.5 Å². The van der Waals surface area contributed by atoms with Crippen molar-refractivity contribution in [1.82, 2.24) is 0 Å². The summed E-state index contributed by atoms with van der Waals surface area (Å²) in [5, 5.41) is 12.2. The van der Waals surface area contributed by atoms with Crippen LogP contribution in [0.3, 0.4) is 0 Å². The maximum atomic E-state index is 13.0. The predicted molar refractivity (Wildman–Crippen MR) is 97.7 cm³/mol. The lowest BCUT2D eigenvalue weighted by Gasteiger charge is -2.38. The molecule has 6 nitrogen and oxygen atoms in total. The average Bonchev–Trinajstić information content (AvgIpc) is 2.60. The van der Waals surface area contributed by atoms with E-state index < -0.39 is 11.6 Å². The van der Waals surface area contributed by atoms with Crippen molar-refractivity contribution in [3.63, 3.8) is 0 Å². The van der Waals surface area contributed by atoms with E-state index in [1.807, 2.05) is 13.0 Å². The van der Waals surface area contributed by atoms with Crippen LogP contribution in [0.2, 0.25) is 0 Å². The molecule has 26 heavy (non-hydrogen) atoms. The van der Waals surface area contributed by atoms with E-state index in [0.29, 0.717) is 31.1 Å². The molecule has 0 aliphatic heterocycles. The molecule has 0 spiro atoms. The van der Waals surface area contributed by atoms with E-state index in [1.54, 1.807) is 12.1 Å². The third kappa shape index (κ3) is 4.83. The molecule has 1 saturated carbocycles. The Balaban J connectivity index is 2.23. The summed E-state index contributed by atoms with van der Waals surface area (Å²) < 4.78 is 11.0. The molecule has 0 radical (unpaired) electrons. The lowest BCUT2D eigenvalue weighted by molar-refractivity contribution is -0.148. The number of hydrogen-bond donors (Lipinski definition) is 1. The van der Waals surface area contributed by atoms with Crippen molar-refractivity contribution < 1.29 is 19.1 Å². The summed E-state index contributed by atoms with van der Waals surface area (Å²) in [6.45, 7) is 5.96. The Labute approximate surface area is 154 Å². The molecule has 1 aromatic carbocycles. The zero-order chi connectivity index (χ0) is 19.2. The average molecular weight is 358 g/mol. The summed E-state index contributed by atoms with van der Waals surface area (Å²) in [5.74, 6) is 0.00597. The number of benzene rings is 1. The van der Waals surface area contributed by atoms with Crippen molar-refractivity contribution in [3.05, 3.63) is 23.8 Å². The minimum atomic E-state index is -0.852. The first-order valence-corrected chi connectivity index (χ1v) is 9.08. The highest BCUT2D eigenvalue weighted by Gasteiger charge is 2.43. The van der Waals surface area contributed by atoms with Crippen molar-refractivity contribution in [2.24, 2.45) is 5.92 Å². The second-order valence-corrected chi connectivity index (χ2v) is 6.91. The van der Waals surface area contributed by atoms with Crippen LogP contribution in [-0.4, -0.2) is 24.1 Å². The molecule has 2 unspecified atom stereocenters. The van der Waals surface area contributed by atoms with Gasteiger partial charge in [0.15, 0.2) is 0 Å². The minimum absolute atomic E-state index is 0.214. The zero-order valence-electron chi connectivity index (χ0n) is 15.6. The summed E-state index contributed by atoms with van der Waals surface area (Å²) in [6, 6.07) is 6.61. The highest BCUT2D eigenvalue weighted by molar-refractivity contribution is 5.98. The van der Waals surface area contributed by atoms with Crippen LogP contribution in [0.1, 0.15) is 58.4 Å². The van der Waals surface area contributed by atoms with Gasteiger partial charge in [-0.15, -0.1) is 0 Å². The first kappa shape index (κ1) is 19.9. The Morgan fingerprint density at radius 3 is 2.81 bits per heavy atom. The molecule has 0 bridgehead atoms. The Kier molecular flexibility index (Phi) is 6.76. The van der Waals surface area contributed by atoms with Gasteiger partial charge in [0.25, 0.3) is 5.91 Å². The first-order chi connectivity index (χ1) is 12.4. The van der Waals surface area contributed by atoms with Gasteiger partial charge in [-0.05, 0) is 43.7 Å². The third-order valence-corrected chi connectivity index (χ3v) is 4.57. The number of rotatable bonds is 6. The SMILES string of the molecule is CCCOC1(C(=O)Nc2ccc(OC(C)=O)cc2C#N)CCCC(C)C1. The second-order valence-electron chi connectivity index (χ2n) is 6.91. The summed E-state index contributed by atoms with van der Waals surface area (Å²) >= 11 is 0. The molecular weight excluding hydrogens is 332 g/mol. The Bertz CT molecular complexity index is 710. The summed E-state index contributed by atoms with van der Waals surface area (Å²) in [7, 11) is 0. The number of nitriles is 1. The third-order valence-electron chi connectivity index (χ3n) is 4.57. The fourth-order valence-electron chi connectivity index (χ4n) is 3.39. The standard InChI is InChI=1S/C20H26N2O4/c1-4-10-25-20(9-5-6-14(2)12-20)19(24)22-18-8-7-17(26-15(3)23)11-16(18)13-21/h7-8,11,14H,4-6,9-10,12H2,1-3H3,(H,22,24). The Morgan fingerprint density at radius 1 is 1.42 bits per heavy atom. The van der Waals surface area contributed by atoms with Crippen LogP contribution in [0.25, 0.3) is 0 Å². The van der Waals surface area contributed by atoms with Gasteiger partial charge in [-0.3, -0.25) is 9.59 Å². The molecule has 0 heterocycles.